The van der Waals surface area contributed by atoms with Crippen LogP contribution in [0, 0.1) is 6.92 Å². The van der Waals surface area contributed by atoms with Crippen molar-refractivity contribution in [2.45, 2.75) is 6.92 Å². The molecule has 1 aromatic rings. The van der Waals surface area contributed by atoms with Crippen molar-refractivity contribution in [1.29, 1.82) is 0 Å². The fourth-order valence-corrected chi connectivity index (χ4v) is 1.62. The zero-order valence-corrected chi connectivity index (χ0v) is 11.7. The standard InChI is InChI=1S/C15H18N2S/c1-4-13(7-8-14(11-18)16-3)10-15-12(2)6-5-9-17-15/h4-10,18H,1,11H2,2-3H3/b8-7-,13-10+,16-14?. The Labute approximate surface area is 114 Å². The molecular formula is C15H18N2S. The van der Waals surface area contributed by atoms with Gasteiger partial charge in [-0.2, -0.15) is 12.6 Å². The van der Waals surface area contributed by atoms with E-state index < -0.39 is 0 Å². The lowest BCUT2D eigenvalue weighted by atomic mass is 10.1. The first-order valence-corrected chi connectivity index (χ1v) is 6.35. The van der Waals surface area contributed by atoms with Gasteiger partial charge in [0.05, 0.1) is 5.69 Å². The number of nitrogens with zero attached hydrogens (tertiary/aromatic N) is 2. The number of aryl methyl sites for hydroxylation is 1. The molecule has 0 unspecified atom stereocenters. The maximum Gasteiger partial charge on any atom is 0.0664 e. The second-order valence-corrected chi connectivity index (χ2v) is 4.08. The normalized spacial score (nSPS) is 13.1. The third-order valence-corrected chi connectivity index (χ3v) is 2.83. The number of hydrogen-bond acceptors (Lipinski definition) is 3. The minimum absolute atomic E-state index is 0.625. The van der Waals surface area contributed by atoms with Gasteiger partial charge in [0.25, 0.3) is 0 Å². The second-order valence-electron chi connectivity index (χ2n) is 3.76. The highest BCUT2D eigenvalue weighted by Crippen LogP contribution is 2.10. The van der Waals surface area contributed by atoms with E-state index in [1.807, 2.05) is 37.3 Å². The molecule has 1 aromatic heterocycles. The number of aliphatic imine (C=N–C) groups is 1. The summed E-state index contributed by atoms with van der Waals surface area (Å²) in [6, 6.07) is 3.97. The molecule has 0 aliphatic rings. The summed E-state index contributed by atoms with van der Waals surface area (Å²) in [6.07, 6.45) is 9.51. The van der Waals surface area contributed by atoms with E-state index in [1.165, 1.54) is 0 Å². The molecule has 2 nitrogen and oxygen atoms in total. The number of thiol groups is 1. The van der Waals surface area contributed by atoms with E-state index in [-0.39, 0.29) is 0 Å². The molecule has 18 heavy (non-hydrogen) atoms. The van der Waals surface area contributed by atoms with Gasteiger partial charge in [0.1, 0.15) is 0 Å². The predicted molar refractivity (Wildman–Crippen MR) is 83.5 cm³/mol. The van der Waals surface area contributed by atoms with Gasteiger partial charge in [-0.15, -0.1) is 0 Å². The first kappa shape index (κ1) is 14.5. The Morgan fingerprint density at radius 1 is 1.50 bits per heavy atom. The van der Waals surface area contributed by atoms with Crippen LogP contribution < -0.4 is 0 Å². The van der Waals surface area contributed by atoms with E-state index in [4.69, 9.17) is 0 Å². The van der Waals surface area contributed by atoms with Gasteiger partial charge in [0.2, 0.25) is 0 Å². The van der Waals surface area contributed by atoms with Gasteiger partial charge in [0, 0.05) is 24.7 Å². The van der Waals surface area contributed by atoms with Crippen molar-refractivity contribution in [3.8, 4) is 0 Å². The Hall–Kier alpha value is -1.61. The fourth-order valence-electron chi connectivity index (χ4n) is 1.37. The van der Waals surface area contributed by atoms with Crippen molar-refractivity contribution >= 4 is 24.4 Å². The monoisotopic (exact) mass is 258 g/mol. The van der Waals surface area contributed by atoms with E-state index in [9.17, 15) is 0 Å². The Morgan fingerprint density at radius 2 is 2.28 bits per heavy atom. The van der Waals surface area contributed by atoms with Crippen molar-refractivity contribution in [2.75, 3.05) is 12.8 Å². The highest BCUT2D eigenvalue weighted by molar-refractivity contribution is 7.81. The smallest absolute Gasteiger partial charge is 0.0664 e. The van der Waals surface area contributed by atoms with Crippen LogP contribution in [0.3, 0.4) is 0 Å². The van der Waals surface area contributed by atoms with Crippen molar-refractivity contribution in [2.24, 2.45) is 4.99 Å². The lowest BCUT2D eigenvalue weighted by Gasteiger charge is -2.00. The predicted octanol–water partition coefficient (Wildman–Crippen LogP) is 3.52. The minimum Gasteiger partial charge on any atom is -0.292 e. The number of allylic oxidation sites excluding steroid dienone is 4. The summed E-state index contributed by atoms with van der Waals surface area (Å²) in [5.41, 5.74) is 4.03. The van der Waals surface area contributed by atoms with Crippen LogP contribution in [0.5, 0.6) is 0 Å². The third-order valence-electron chi connectivity index (χ3n) is 2.51. The van der Waals surface area contributed by atoms with Crippen LogP contribution in [0.2, 0.25) is 0 Å². The molecule has 0 radical (unpaired) electrons. The van der Waals surface area contributed by atoms with E-state index in [1.54, 1.807) is 19.3 Å². The summed E-state index contributed by atoms with van der Waals surface area (Å²) >= 11 is 4.20. The molecule has 0 fully saturated rings. The molecule has 0 amide bonds. The van der Waals surface area contributed by atoms with Crippen LogP contribution >= 0.6 is 12.6 Å². The molecule has 0 bridgehead atoms. The Morgan fingerprint density at radius 3 is 2.83 bits per heavy atom. The number of pyridine rings is 1. The molecule has 94 valence electrons. The average molecular weight is 258 g/mol. The summed E-state index contributed by atoms with van der Waals surface area (Å²) in [6.45, 7) is 5.85. The van der Waals surface area contributed by atoms with Crippen molar-refractivity contribution < 1.29 is 0 Å². The molecule has 0 spiro atoms. The molecule has 1 heterocycles. The highest BCUT2D eigenvalue weighted by Gasteiger charge is 1.95. The first-order valence-electron chi connectivity index (χ1n) is 5.71. The lowest BCUT2D eigenvalue weighted by molar-refractivity contribution is 1.23. The van der Waals surface area contributed by atoms with Gasteiger partial charge in [-0.25, -0.2) is 0 Å². The van der Waals surface area contributed by atoms with Crippen molar-refractivity contribution in [1.82, 2.24) is 4.98 Å². The molecule has 0 saturated carbocycles. The molecule has 1 rings (SSSR count). The van der Waals surface area contributed by atoms with Crippen LogP contribution in [0.25, 0.3) is 6.08 Å². The average Bonchev–Trinajstić information content (AvgIpc) is 2.40. The number of aromatic nitrogens is 1. The van der Waals surface area contributed by atoms with E-state index in [0.29, 0.717) is 5.75 Å². The molecule has 0 saturated heterocycles. The molecule has 0 aliphatic heterocycles. The van der Waals surface area contributed by atoms with Gasteiger partial charge in [0.15, 0.2) is 0 Å². The van der Waals surface area contributed by atoms with E-state index >= 15 is 0 Å². The maximum atomic E-state index is 4.33. The van der Waals surface area contributed by atoms with Crippen LogP contribution in [0.15, 0.2) is 53.7 Å². The Kier molecular flexibility index (Phi) is 6.15. The molecular weight excluding hydrogens is 240 g/mol. The van der Waals surface area contributed by atoms with Crippen molar-refractivity contribution in [3.63, 3.8) is 0 Å². The zero-order chi connectivity index (χ0) is 13.4. The highest BCUT2D eigenvalue weighted by atomic mass is 32.1. The van der Waals surface area contributed by atoms with E-state index in [0.717, 1.165) is 22.5 Å². The van der Waals surface area contributed by atoms with Crippen LogP contribution in [-0.2, 0) is 0 Å². The zero-order valence-electron chi connectivity index (χ0n) is 10.8. The molecule has 0 aliphatic carbocycles. The van der Waals surface area contributed by atoms with Crippen molar-refractivity contribution in [3.05, 3.63) is 60.0 Å². The summed E-state index contributed by atoms with van der Waals surface area (Å²) < 4.78 is 0. The summed E-state index contributed by atoms with van der Waals surface area (Å²) in [4.78, 5) is 8.44. The van der Waals surface area contributed by atoms with Gasteiger partial charge >= 0.3 is 0 Å². The Bertz CT molecular complexity index is 499. The first-order chi connectivity index (χ1) is 8.71. The second kappa shape index (κ2) is 7.67. The maximum absolute atomic E-state index is 4.33. The molecule has 0 aromatic carbocycles. The molecule has 3 heteroatoms. The van der Waals surface area contributed by atoms with Crippen LogP contribution in [0.1, 0.15) is 11.3 Å². The number of rotatable bonds is 5. The molecule has 0 N–H and O–H groups in total. The summed E-state index contributed by atoms with van der Waals surface area (Å²) in [7, 11) is 1.76. The lowest BCUT2D eigenvalue weighted by Crippen LogP contribution is -1.94. The third kappa shape index (κ3) is 4.34. The van der Waals surface area contributed by atoms with Gasteiger partial charge < -0.3 is 0 Å². The minimum atomic E-state index is 0.625. The topological polar surface area (TPSA) is 25.2 Å². The quantitative estimate of drug-likeness (QED) is 0.488. The summed E-state index contributed by atoms with van der Waals surface area (Å²) in [5.74, 6) is 0.625. The van der Waals surface area contributed by atoms with Crippen LogP contribution in [-0.4, -0.2) is 23.5 Å². The Balaban J connectivity index is 2.98. The SMILES string of the molecule is C=CC(/C=C\C(CS)=NC)=C\c1ncccc1C. The molecule has 0 atom stereocenters. The fraction of sp³-hybridized carbons (Fsp3) is 0.200. The van der Waals surface area contributed by atoms with E-state index in [2.05, 4.69) is 29.2 Å². The number of hydrogen-bond donors (Lipinski definition) is 1. The van der Waals surface area contributed by atoms with Crippen LogP contribution in [0.4, 0.5) is 0 Å². The largest absolute Gasteiger partial charge is 0.292 e. The van der Waals surface area contributed by atoms with Gasteiger partial charge in [-0.1, -0.05) is 24.8 Å². The van der Waals surface area contributed by atoms with Gasteiger partial charge in [-0.3, -0.25) is 9.98 Å². The summed E-state index contributed by atoms with van der Waals surface area (Å²) in [5, 5.41) is 0. The van der Waals surface area contributed by atoms with Gasteiger partial charge in [-0.05, 0) is 36.3 Å².